The van der Waals surface area contributed by atoms with Crippen LogP contribution in [-0.4, -0.2) is 40.5 Å². The number of aliphatic carboxylic acids is 1. The molecule has 5 nitrogen and oxygen atoms in total. The smallest absolute Gasteiger partial charge is 0.303 e. The third-order valence-corrected chi connectivity index (χ3v) is 2.40. The van der Waals surface area contributed by atoms with Gasteiger partial charge in [0.15, 0.2) is 0 Å². The minimum atomic E-state index is -0.865. The monoisotopic (exact) mass is 256 g/mol. The molecule has 0 spiro atoms. The number of carbonyl (C=O) groups excluding carboxylic acids is 1. The molecule has 1 aromatic rings. The number of amides is 1. The van der Waals surface area contributed by atoms with Gasteiger partial charge in [0.1, 0.15) is 5.69 Å². The molecule has 17 heavy (non-hydrogen) atoms. The minimum absolute atomic E-state index is 0.0473. The number of aromatic nitrogens is 1. The van der Waals surface area contributed by atoms with E-state index in [1.54, 1.807) is 19.2 Å². The van der Waals surface area contributed by atoms with E-state index < -0.39 is 5.97 Å². The van der Waals surface area contributed by atoms with Gasteiger partial charge in [-0.3, -0.25) is 9.59 Å². The molecule has 0 aliphatic carbocycles. The number of hydrogen-bond acceptors (Lipinski definition) is 3. The molecular formula is C11H13ClN2O3. The minimum Gasteiger partial charge on any atom is -0.481 e. The van der Waals surface area contributed by atoms with Gasteiger partial charge in [-0.25, -0.2) is 4.98 Å². The molecule has 0 unspecified atom stereocenters. The van der Waals surface area contributed by atoms with E-state index in [1.807, 2.05) is 0 Å². The zero-order chi connectivity index (χ0) is 12.8. The molecule has 1 N–H and O–H groups in total. The number of carboxylic acid groups (broad SMARTS) is 1. The predicted octanol–water partition coefficient (Wildman–Crippen LogP) is 1.67. The summed E-state index contributed by atoms with van der Waals surface area (Å²) in [6.07, 6.45) is 1.87. The van der Waals surface area contributed by atoms with Crippen LogP contribution in [0.5, 0.6) is 0 Å². The van der Waals surface area contributed by atoms with Gasteiger partial charge in [0.05, 0.1) is 5.02 Å². The van der Waals surface area contributed by atoms with Gasteiger partial charge in [-0.2, -0.15) is 0 Å². The summed E-state index contributed by atoms with van der Waals surface area (Å²) < 4.78 is 0. The Kier molecular flexibility index (Phi) is 4.90. The van der Waals surface area contributed by atoms with E-state index in [0.29, 0.717) is 23.7 Å². The van der Waals surface area contributed by atoms with E-state index in [9.17, 15) is 9.59 Å². The van der Waals surface area contributed by atoms with Crippen molar-refractivity contribution in [3.05, 3.63) is 29.0 Å². The van der Waals surface area contributed by atoms with Gasteiger partial charge >= 0.3 is 5.97 Å². The lowest BCUT2D eigenvalue weighted by Gasteiger charge is -2.15. The molecule has 0 radical (unpaired) electrons. The van der Waals surface area contributed by atoms with Gasteiger partial charge in [0, 0.05) is 26.2 Å². The third-order valence-electron chi connectivity index (χ3n) is 2.18. The predicted molar refractivity (Wildman–Crippen MR) is 63.1 cm³/mol. The van der Waals surface area contributed by atoms with Crippen LogP contribution in [0.15, 0.2) is 18.3 Å². The summed E-state index contributed by atoms with van der Waals surface area (Å²) in [5, 5.41) is 8.95. The van der Waals surface area contributed by atoms with Crippen LogP contribution in [-0.2, 0) is 4.79 Å². The van der Waals surface area contributed by atoms with Crippen molar-refractivity contribution in [2.45, 2.75) is 12.8 Å². The highest BCUT2D eigenvalue weighted by Crippen LogP contribution is 2.08. The van der Waals surface area contributed by atoms with E-state index in [0.717, 1.165) is 0 Å². The van der Waals surface area contributed by atoms with Crippen molar-refractivity contribution in [1.82, 2.24) is 9.88 Å². The van der Waals surface area contributed by atoms with Crippen molar-refractivity contribution in [3.8, 4) is 0 Å². The summed E-state index contributed by atoms with van der Waals surface area (Å²) in [7, 11) is 1.61. The van der Waals surface area contributed by atoms with E-state index >= 15 is 0 Å². The quantitative estimate of drug-likeness (QED) is 0.870. The van der Waals surface area contributed by atoms with Gasteiger partial charge in [-0.1, -0.05) is 11.6 Å². The molecule has 1 rings (SSSR count). The molecule has 0 aliphatic heterocycles. The fraction of sp³-hybridized carbons (Fsp3) is 0.364. The number of rotatable bonds is 5. The van der Waals surface area contributed by atoms with Crippen molar-refractivity contribution in [2.75, 3.05) is 13.6 Å². The van der Waals surface area contributed by atoms with E-state index in [4.69, 9.17) is 16.7 Å². The first-order valence-corrected chi connectivity index (χ1v) is 5.47. The first-order chi connectivity index (χ1) is 8.00. The van der Waals surface area contributed by atoms with Crippen molar-refractivity contribution < 1.29 is 14.7 Å². The molecule has 0 atom stereocenters. The average Bonchev–Trinajstić information content (AvgIpc) is 2.28. The Bertz CT molecular complexity index is 406. The van der Waals surface area contributed by atoms with Crippen LogP contribution in [0.4, 0.5) is 0 Å². The van der Waals surface area contributed by atoms with E-state index in [-0.39, 0.29) is 12.3 Å². The standard InChI is InChI=1S/C11H13ClN2O3/c1-14(6-2-3-10(15)16)11(17)9-5-4-8(12)7-13-9/h4-5,7H,2-3,6H2,1H3,(H,15,16). The summed E-state index contributed by atoms with van der Waals surface area (Å²) in [5.74, 6) is -1.11. The number of pyridine rings is 1. The molecule has 6 heteroatoms. The molecule has 0 aliphatic rings. The average molecular weight is 257 g/mol. The highest BCUT2D eigenvalue weighted by atomic mass is 35.5. The van der Waals surface area contributed by atoms with Crippen LogP contribution >= 0.6 is 11.6 Å². The molecule has 0 bridgehead atoms. The number of nitrogens with zero attached hydrogens (tertiary/aromatic N) is 2. The van der Waals surface area contributed by atoms with E-state index in [2.05, 4.69) is 4.98 Å². The molecule has 1 amide bonds. The van der Waals surface area contributed by atoms with Gasteiger partial charge in [0.25, 0.3) is 5.91 Å². The van der Waals surface area contributed by atoms with Crippen LogP contribution in [0.3, 0.4) is 0 Å². The highest BCUT2D eigenvalue weighted by molar-refractivity contribution is 6.30. The highest BCUT2D eigenvalue weighted by Gasteiger charge is 2.12. The first-order valence-electron chi connectivity index (χ1n) is 5.09. The Morgan fingerprint density at radius 1 is 1.47 bits per heavy atom. The summed E-state index contributed by atoms with van der Waals surface area (Å²) in [4.78, 5) is 27.5. The van der Waals surface area contributed by atoms with Crippen LogP contribution in [0.25, 0.3) is 0 Å². The third kappa shape index (κ3) is 4.40. The lowest BCUT2D eigenvalue weighted by atomic mass is 10.2. The SMILES string of the molecule is CN(CCCC(=O)O)C(=O)c1ccc(Cl)cn1. The van der Waals surface area contributed by atoms with Gasteiger partial charge < -0.3 is 10.0 Å². The molecule has 1 aromatic heterocycles. The Hall–Kier alpha value is -1.62. The fourth-order valence-electron chi connectivity index (χ4n) is 1.27. The Labute approximate surface area is 104 Å². The largest absolute Gasteiger partial charge is 0.481 e. The van der Waals surface area contributed by atoms with Crippen LogP contribution in [0, 0.1) is 0 Å². The number of hydrogen-bond donors (Lipinski definition) is 1. The lowest BCUT2D eigenvalue weighted by Crippen LogP contribution is -2.28. The fourth-order valence-corrected chi connectivity index (χ4v) is 1.38. The van der Waals surface area contributed by atoms with Crippen molar-refractivity contribution in [2.24, 2.45) is 0 Å². The maximum Gasteiger partial charge on any atom is 0.303 e. The van der Waals surface area contributed by atoms with Crippen molar-refractivity contribution >= 4 is 23.5 Å². The maximum atomic E-state index is 11.8. The van der Waals surface area contributed by atoms with Crippen LogP contribution in [0.2, 0.25) is 5.02 Å². The molecule has 0 saturated heterocycles. The number of halogens is 1. The van der Waals surface area contributed by atoms with Crippen molar-refractivity contribution in [3.63, 3.8) is 0 Å². The van der Waals surface area contributed by atoms with Gasteiger partial charge in [-0.15, -0.1) is 0 Å². The number of carboxylic acids is 1. The molecule has 1 heterocycles. The Morgan fingerprint density at radius 2 is 2.18 bits per heavy atom. The summed E-state index contributed by atoms with van der Waals surface area (Å²) >= 11 is 5.66. The second kappa shape index (κ2) is 6.20. The van der Waals surface area contributed by atoms with E-state index in [1.165, 1.54) is 11.1 Å². The first kappa shape index (κ1) is 13.4. The normalized spacial score (nSPS) is 10.0. The summed E-state index contributed by atoms with van der Waals surface area (Å²) in [6, 6.07) is 3.13. The molecular weight excluding hydrogens is 244 g/mol. The van der Waals surface area contributed by atoms with Crippen molar-refractivity contribution in [1.29, 1.82) is 0 Å². The molecule has 0 aromatic carbocycles. The topological polar surface area (TPSA) is 70.5 Å². The Morgan fingerprint density at radius 3 is 2.71 bits per heavy atom. The molecule has 92 valence electrons. The zero-order valence-electron chi connectivity index (χ0n) is 9.39. The molecule has 0 saturated carbocycles. The van der Waals surface area contributed by atoms with Gasteiger partial charge in [-0.05, 0) is 18.6 Å². The second-order valence-corrected chi connectivity index (χ2v) is 4.02. The van der Waals surface area contributed by atoms with Gasteiger partial charge in [0.2, 0.25) is 0 Å². The zero-order valence-corrected chi connectivity index (χ0v) is 10.1. The second-order valence-electron chi connectivity index (χ2n) is 3.59. The molecule has 0 fully saturated rings. The summed E-state index contributed by atoms with van der Waals surface area (Å²) in [5.41, 5.74) is 0.298. The maximum absolute atomic E-state index is 11.8. The Balaban J connectivity index is 2.51. The lowest BCUT2D eigenvalue weighted by molar-refractivity contribution is -0.137. The van der Waals surface area contributed by atoms with Crippen LogP contribution < -0.4 is 0 Å². The van der Waals surface area contributed by atoms with Crippen LogP contribution in [0.1, 0.15) is 23.3 Å². The summed E-state index contributed by atoms with van der Waals surface area (Å²) in [6.45, 7) is 0.384. The number of carbonyl (C=O) groups is 2.